The number of hydrogen-bond acceptors (Lipinski definition) is 3. The lowest BCUT2D eigenvalue weighted by atomic mass is 10.2. The first-order chi connectivity index (χ1) is 8.15. The Kier molecular flexibility index (Phi) is 4.36. The van der Waals surface area contributed by atoms with Crippen LogP contribution in [-0.4, -0.2) is 23.6 Å². The first-order valence-corrected chi connectivity index (χ1v) is 6.55. The van der Waals surface area contributed by atoms with Crippen molar-refractivity contribution in [2.24, 2.45) is 0 Å². The second-order valence-electron chi connectivity index (χ2n) is 3.88. The maximum absolute atomic E-state index is 11.7. The smallest absolute Gasteiger partial charge is 0.227 e. The molecule has 0 aliphatic carbocycles. The van der Waals surface area contributed by atoms with Crippen LogP contribution < -0.4 is 5.32 Å². The monoisotopic (exact) mass is 318 g/mol. The van der Waals surface area contributed by atoms with E-state index in [0.717, 1.165) is 23.9 Å². The third-order valence-corrected chi connectivity index (χ3v) is 3.25. The van der Waals surface area contributed by atoms with Gasteiger partial charge in [-0.3, -0.25) is 4.79 Å². The zero-order chi connectivity index (χ0) is 12.3. The summed E-state index contributed by atoms with van der Waals surface area (Å²) in [6.07, 6.45) is 3.95. The number of amides is 1. The normalized spacial score (nSPS) is 19.3. The van der Waals surface area contributed by atoms with Crippen molar-refractivity contribution in [2.45, 2.75) is 25.4 Å². The fourth-order valence-electron chi connectivity index (χ4n) is 1.72. The van der Waals surface area contributed by atoms with Gasteiger partial charge in [0.25, 0.3) is 0 Å². The zero-order valence-electron chi connectivity index (χ0n) is 9.08. The summed E-state index contributed by atoms with van der Waals surface area (Å²) < 4.78 is 6.17. The minimum Gasteiger partial charge on any atom is -0.378 e. The third kappa shape index (κ3) is 3.66. The fourth-order valence-corrected chi connectivity index (χ4v) is 2.21. The van der Waals surface area contributed by atoms with Crippen LogP contribution in [0.25, 0.3) is 0 Å². The Morgan fingerprint density at radius 3 is 3.24 bits per heavy atom. The van der Waals surface area contributed by atoms with Crippen molar-refractivity contribution in [1.82, 2.24) is 4.98 Å². The van der Waals surface area contributed by atoms with Crippen molar-refractivity contribution >= 4 is 39.1 Å². The van der Waals surface area contributed by atoms with Gasteiger partial charge in [0.2, 0.25) is 5.91 Å². The Morgan fingerprint density at radius 2 is 2.53 bits per heavy atom. The molecule has 92 valence electrons. The standard InChI is InChI=1S/C11H12BrClN2O2/c12-7-4-9(11(13)14-6-7)15-10(16)5-8-2-1-3-17-8/h4,6,8H,1-3,5H2,(H,15,16). The van der Waals surface area contributed by atoms with Crippen molar-refractivity contribution in [2.75, 3.05) is 11.9 Å². The highest BCUT2D eigenvalue weighted by atomic mass is 79.9. The quantitative estimate of drug-likeness (QED) is 0.871. The Bertz CT molecular complexity index is 422. The molecule has 1 fully saturated rings. The van der Waals surface area contributed by atoms with E-state index in [-0.39, 0.29) is 17.2 Å². The molecule has 0 bridgehead atoms. The number of pyridine rings is 1. The van der Waals surface area contributed by atoms with Crippen LogP contribution in [0.1, 0.15) is 19.3 Å². The predicted molar refractivity (Wildman–Crippen MR) is 69.2 cm³/mol. The van der Waals surface area contributed by atoms with Gasteiger partial charge in [-0.15, -0.1) is 0 Å². The van der Waals surface area contributed by atoms with E-state index in [1.54, 1.807) is 12.3 Å². The number of carbonyl (C=O) groups is 1. The molecule has 0 radical (unpaired) electrons. The molecule has 1 N–H and O–H groups in total. The van der Waals surface area contributed by atoms with Crippen LogP contribution >= 0.6 is 27.5 Å². The van der Waals surface area contributed by atoms with E-state index in [9.17, 15) is 4.79 Å². The lowest BCUT2D eigenvalue weighted by Gasteiger charge is -2.10. The summed E-state index contributed by atoms with van der Waals surface area (Å²) in [7, 11) is 0. The molecule has 1 aromatic heterocycles. The summed E-state index contributed by atoms with van der Waals surface area (Å²) in [6.45, 7) is 0.747. The van der Waals surface area contributed by atoms with Crippen LogP contribution in [-0.2, 0) is 9.53 Å². The van der Waals surface area contributed by atoms with Gasteiger partial charge >= 0.3 is 0 Å². The summed E-state index contributed by atoms with van der Waals surface area (Å²) in [5.41, 5.74) is 0.518. The highest BCUT2D eigenvalue weighted by molar-refractivity contribution is 9.10. The van der Waals surface area contributed by atoms with E-state index in [1.807, 2.05) is 0 Å². The lowest BCUT2D eigenvalue weighted by Crippen LogP contribution is -2.19. The highest BCUT2D eigenvalue weighted by Gasteiger charge is 2.19. The summed E-state index contributed by atoms with van der Waals surface area (Å²) in [4.78, 5) is 15.7. The molecule has 4 nitrogen and oxygen atoms in total. The average molecular weight is 320 g/mol. The molecule has 0 saturated carbocycles. The van der Waals surface area contributed by atoms with Crippen molar-refractivity contribution in [1.29, 1.82) is 0 Å². The number of ether oxygens (including phenoxy) is 1. The Labute approximate surface area is 113 Å². The molecule has 17 heavy (non-hydrogen) atoms. The van der Waals surface area contributed by atoms with Gasteiger partial charge in [-0.1, -0.05) is 11.6 Å². The van der Waals surface area contributed by atoms with E-state index in [4.69, 9.17) is 16.3 Å². The van der Waals surface area contributed by atoms with Crippen molar-refractivity contribution < 1.29 is 9.53 Å². The Hall–Kier alpha value is -0.650. The second-order valence-corrected chi connectivity index (χ2v) is 5.15. The van der Waals surface area contributed by atoms with E-state index < -0.39 is 0 Å². The molecule has 2 rings (SSSR count). The average Bonchev–Trinajstić information content (AvgIpc) is 2.76. The summed E-state index contributed by atoms with van der Waals surface area (Å²) >= 11 is 9.16. The minimum atomic E-state index is -0.0984. The van der Waals surface area contributed by atoms with Crippen LogP contribution in [0.5, 0.6) is 0 Å². The molecule has 6 heteroatoms. The van der Waals surface area contributed by atoms with Gasteiger partial charge in [0.1, 0.15) is 0 Å². The Balaban J connectivity index is 1.95. The number of aromatic nitrogens is 1. The molecule has 1 amide bonds. The van der Waals surface area contributed by atoms with Gasteiger partial charge < -0.3 is 10.1 Å². The molecule has 1 aromatic rings. The van der Waals surface area contributed by atoms with Gasteiger partial charge in [0.15, 0.2) is 5.15 Å². The van der Waals surface area contributed by atoms with E-state index >= 15 is 0 Å². The van der Waals surface area contributed by atoms with Gasteiger partial charge in [-0.25, -0.2) is 4.98 Å². The maximum atomic E-state index is 11.7. The van der Waals surface area contributed by atoms with E-state index in [2.05, 4.69) is 26.2 Å². The molecule has 0 spiro atoms. The summed E-state index contributed by atoms with van der Waals surface area (Å²) in [5.74, 6) is -0.0984. The SMILES string of the molecule is O=C(CC1CCCO1)Nc1cc(Br)cnc1Cl. The maximum Gasteiger partial charge on any atom is 0.227 e. The molecule has 1 aliphatic heterocycles. The number of anilines is 1. The first-order valence-electron chi connectivity index (χ1n) is 5.37. The van der Waals surface area contributed by atoms with Crippen molar-refractivity contribution in [3.8, 4) is 0 Å². The number of halogens is 2. The Morgan fingerprint density at radius 1 is 1.71 bits per heavy atom. The van der Waals surface area contributed by atoms with Gasteiger partial charge in [0, 0.05) is 17.3 Å². The minimum absolute atomic E-state index is 0.0360. The number of hydrogen-bond donors (Lipinski definition) is 1. The summed E-state index contributed by atoms with van der Waals surface area (Å²) in [5, 5.41) is 3.02. The molecular formula is C11H12BrClN2O2. The number of rotatable bonds is 3. The van der Waals surface area contributed by atoms with Crippen LogP contribution in [0.4, 0.5) is 5.69 Å². The molecule has 1 aliphatic rings. The largest absolute Gasteiger partial charge is 0.378 e. The van der Waals surface area contributed by atoms with Crippen LogP contribution in [0, 0.1) is 0 Å². The topological polar surface area (TPSA) is 51.2 Å². The third-order valence-electron chi connectivity index (χ3n) is 2.52. The van der Waals surface area contributed by atoms with Gasteiger partial charge in [0.05, 0.1) is 18.2 Å². The number of nitrogens with one attached hydrogen (secondary N) is 1. The van der Waals surface area contributed by atoms with Crippen LogP contribution in [0.2, 0.25) is 5.15 Å². The van der Waals surface area contributed by atoms with Crippen LogP contribution in [0.15, 0.2) is 16.7 Å². The van der Waals surface area contributed by atoms with Crippen LogP contribution in [0.3, 0.4) is 0 Å². The van der Waals surface area contributed by atoms with Crippen molar-refractivity contribution in [3.05, 3.63) is 21.9 Å². The molecule has 2 heterocycles. The van der Waals surface area contributed by atoms with Gasteiger partial charge in [-0.2, -0.15) is 0 Å². The highest BCUT2D eigenvalue weighted by Crippen LogP contribution is 2.24. The lowest BCUT2D eigenvalue weighted by molar-refractivity contribution is -0.118. The molecule has 1 unspecified atom stereocenters. The van der Waals surface area contributed by atoms with E-state index in [0.29, 0.717) is 12.1 Å². The molecule has 1 atom stereocenters. The number of nitrogens with zero attached hydrogens (tertiary/aromatic N) is 1. The molecule has 0 aromatic carbocycles. The number of carbonyl (C=O) groups excluding carboxylic acids is 1. The summed E-state index contributed by atoms with van der Waals surface area (Å²) in [6, 6.07) is 1.72. The zero-order valence-corrected chi connectivity index (χ0v) is 11.4. The molecule has 1 saturated heterocycles. The first kappa shape index (κ1) is 12.8. The second kappa shape index (κ2) is 5.80. The van der Waals surface area contributed by atoms with E-state index in [1.165, 1.54) is 0 Å². The fraction of sp³-hybridized carbons (Fsp3) is 0.455. The van der Waals surface area contributed by atoms with Crippen molar-refractivity contribution in [3.63, 3.8) is 0 Å². The predicted octanol–water partition coefficient (Wildman–Crippen LogP) is 3.01. The van der Waals surface area contributed by atoms with Gasteiger partial charge in [-0.05, 0) is 34.8 Å². The molecular weight excluding hydrogens is 307 g/mol.